The van der Waals surface area contributed by atoms with Crippen molar-refractivity contribution in [2.24, 2.45) is 5.92 Å². The van der Waals surface area contributed by atoms with E-state index in [-0.39, 0.29) is 5.92 Å². The van der Waals surface area contributed by atoms with E-state index in [4.69, 9.17) is 4.74 Å². The number of benzene rings is 1. The number of rotatable bonds is 6. The van der Waals surface area contributed by atoms with E-state index in [1.807, 2.05) is 6.08 Å². The third-order valence-corrected chi connectivity index (χ3v) is 4.93. The predicted molar refractivity (Wildman–Crippen MR) is 87.5 cm³/mol. The Morgan fingerprint density at radius 1 is 1.23 bits per heavy atom. The molecule has 2 atom stereocenters. The highest BCUT2D eigenvalue weighted by Crippen LogP contribution is 2.34. The van der Waals surface area contributed by atoms with Gasteiger partial charge < -0.3 is 4.74 Å². The second kappa shape index (κ2) is 7.21. The van der Waals surface area contributed by atoms with Gasteiger partial charge in [0.15, 0.2) is 0 Å². The molecule has 22 heavy (non-hydrogen) atoms. The summed E-state index contributed by atoms with van der Waals surface area (Å²) >= 11 is 0. The highest BCUT2D eigenvalue weighted by atomic mass is 16.5. The molecule has 0 radical (unpaired) electrons. The van der Waals surface area contributed by atoms with Crippen LogP contribution in [0.15, 0.2) is 43.0 Å². The van der Waals surface area contributed by atoms with E-state index in [0.29, 0.717) is 24.3 Å². The molecule has 0 aromatic heterocycles. The Bertz CT molecular complexity index is 499. The van der Waals surface area contributed by atoms with Crippen LogP contribution in [0.25, 0.3) is 0 Å². The Morgan fingerprint density at radius 2 is 1.91 bits per heavy atom. The Kier molecular flexibility index (Phi) is 5.06. The van der Waals surface area contributed by atoms with Gasteiger partial charge in [0.1, 0.15) is 5.78 Å². The number of morpholine rings is 1. The van der Waals surface area contributed by atoms with Gasteiger partial charge in [0, 0.05) is 31.0 Å². The molecule has 118 valence electrons. The maximum absolute atomic E-state index is 12.3. The first-order chi connectivity index (χ1) is 10.8. The molecule has 1 aromatic rings. The quantitative estimate of drug-likeness (QED) is 0.756. The van der Waals surface area contributed by atoms with Gasteiger partial charge in [-0.15, -0.1) is 6.58 Å². The Labute approximate surface area is 133 Å². The summed E-state index contributed by atoms with van der Waals surface area (Å²) in [5.41, 5.74) is 1.34. The van der Waals surface area contributed by atoms with Crippen LogP contribution in [-0.4, -0.2) is 36.0 Å². The summed E-state index contributed by atoms with van der Waals surface area (Å²) in [5, 5.41) is 0. The van der Waals surface area contributed by atoms with Gasteiger partial charge >= 0.3 is 0 Å². The van der Waals surface area contributed by atoms with Crippen LogP contribution in [0.5, 0.6) is 0 Å². The number of carbonyl (C=O) groups excluding carboxylic acids is 1. The van der Waals surface area contributed by atoms with E-state index >= 15 is 0 Å². The van der Waals surface area contributed by atoms with Crippen LogP contribution >= 0.6 is 0 Å². The molecule has 0 spiro atoms. The van der Waals surface area contributed by atoms with Gasteiger partial charge in [-0.2, -0.15) is 0 Å². The van der Waals surface area contributed by atoms with Crippen molar-refractivity contribution in [3.63, 3.8) is 0 Å². The average Bonchev–Trinajstić information content (AvgIpc) is 2.53. The fraction of sp³-hybridized carbons (Fsp3) is 0.526. The van der Waals surface area contributed by atoms with Crippen molar-refractivity contribution in [1.29, 1.82) is 0 Å². The zero-order valence-electron chi connectivity index (χ0n) is 13.1. The summed E-state index contributed by atoms with van der Waals surface area (Å²) in [5.74, 6) is 0.627. The maximum atomic E-state index is 12.3. The van der Waals surface area contributed by atoms with E-state index in [9.17, 15) is 4.79 Å². The van der Waals surface area contributed by atoms with Crippen molar-refractivity contribution < 1.29 is 9.53 Å². The molecule has 2 unspecified atom stereocenters. The fourth-order valence-electron chi connectivity index (χ4n) is 3.75. The summed E-state index contributed by atoms with van der Waals surface area (Å²) in [6.07, 6.45) is 5.17. The number of ketones is 1. The molecule has 2 fully saturated rings. The lowest BCUT2D eigenvalue weighted by Gasteiger charge is -2.48. The van der Waals surface area contributed by atoms with E-state index in [1.54, 1.807) is 0 Å². The largest absolute Gasteiger partial charge is 0.378 e. The Balaban J connectivity index is 1.66. The van der Waals surface area contributed by atoms with Gasteiger partial charge in [-0.1, -0.05) is 36.4 Å². The fourth-order valence-corrected chi connectivity index (χ4v) is 3.75. The molecular weight excluding hydrogens is 274 g/mol. The Hall–Kier alpha value is -1.45. The van der Waals surface area contributed by atoms with Crippen LogP contribution < -0.4 is 0 Å². The highest BCUT2D eigenvalue weighted by molar-refractivity contribution is 5.81. The normalized spacial score (nSPS) is 28.3. The second-order valence-electron chi connectivity index (χ2n) is 6.47. The topological polar surface area (TPSA) is 29.5 Å². The smallest absolute Gasteiger partial charge is 0.136 e. The molecule has 3 rings (SSSR count). The lowest BCUT2D eigenvalue weighted by molar-refractivity contribution is -0.133. The number of hydrogen-bond donors (Lipinski definition) is 0. The van der Waals surface area contributed by atoms with Crippen LogP contribution in [0, 0.1) is 5.92 Å². The molecule has 2 bridgehead atoms. The maximum Gasteiger partial charge on any atom is 0.136 e. The van der Waals surface area contributed by atoms with Crippen molar-refractivity contribution in [3.05, 3.63) is 48.6 Å². The van der Waals surface area contributed by atoms with Crippen molar-refractivity contribution in [3.8, 4) is 0 Å². The zero-order valence-corrected chi connectivity index (χ0v) is 13.1. The number of allylic oxidation sites excluding steroid dienone is 1. The SMILES string of the molecule is C=CCCC(=O)C1CC2COCC(C1)N2Cc1ccccc1. The minimum absolute atomic E-state index is 0.214. The second-order valence-corrected chi connectivity index (χ2v) is 6.47. The van der Waals surface area contributed by atoms with Crippen molar-refractivity contribution in [2.75, 3.05) is 13.2 Å². The first-order valence-corrected chi connectivity index (χ1v) is 8.29. The number of hydrogen-bond acceptors (Lipinski definition) is 3. The first kappa shape index (κ1) is 15.4. The van der Waals surface area contributed by atoms with Crippen LogP contribution in [0.1, 0.15) is 31.2 Å². The van der Waals surface area contributed by atoms with Crippen molar-refractivity contribution in [1.82, 2.24) is 4.90 Å². The first-order valence-electron chi connectivity index (χ1n) is 8.29. The molecule has 0 N–H and O–H groups in total. The molecule has 0 saturated carbocycles. The molecule has 0 amide bonds. The van der Waals surface area contributed by atoms with Crippen molar-refractivity contribution >= 4 is 5.78 Å². The molecule has 2 aliphatic rings. The van der Waals surface area contributed by atoms with Gasteiger partial charge in [-0.05, 0) is 24.8 Å². The standard InChI is InChI=1S/C19H25NO2/c1-2-3-9-19(21)16-10-17-13-22-14-18(11-16)20(17)12-15-7-5-4-6-8-15/h2,4-8,16-18H,1,3,9-14H2. The molecule has 0 aliphatic carbocycles. The molecule has 2 aliphatic heterocycles. The number of nitrogens with zero attached hydrogens (tertiary/aromatic N) is 1. The van der Waals surface area contributed by atoms with Crippen LogP contribution in [0.2, 0.25) is 0 Å². The minimum Gasteiger partial charge on any atom is -0.378 e. The lowest BCUT2D eigenvalue weighted by Crippen LogP contribution is -2.57. The van der Waals surface area contributed by atoms with Gasteiger partial charge in [0.2, 0.25) is 0 Å². The summed E-state index contributed by atoms with van der Waals surface area (Å²) in [6.45, 7) is 6.20. The number of ether oxygens (including phenoxy) is 1. The summed E-state index contributed by atoms with van der Waals surface area (Å²) in [6, 6.07) is 11.4. The molecule has 3 heteroatoms. The molecule has 2 saturated heterocycles. The summed E-state index contributed by atoms with van der Waals surface area (Å²) in [4.78, 5) is 14.9. The third kappa shape index (κ3) is 3.47. The van der Waals surface area contributed by atoms with E-state index in [0.717, 1.165) is 39.0 Å². The number of Topliss-reactive ketones (excluding diaryl/α,β-unsaturated/α-hetero) is 1. The van der Waals surface area contributed by atoms with E-state index in [2.05, 4.69) is 41.8 Å². The summed E-state index contributed by atoms with van der Waals surface area (Å²) in [7, 11) is 0. The van der Waals surface area contributed by atoms with Gasteiger partial charge in [-0.25, -0.2) is 0 Å². The van der Waals surface area contributed by atoms with Crippen LogP contribution in [-0.2, 0) is 16.1 Å². The molecule has 2 heterocycles. The van der Waals surface area contributed by atoms with Gasteiger partial charge in [0.25, 0.3) is 0 Å². The predicted octanol–water partition coefficient (Wildman–Crippen LogP) is 3.20. The number of piperidine rings is 1. The Morgan fingerprint density at radius 3 is 2.55 bits per heavy atom. The van der Waals surface area contributed by atoms with Gasteiger partial charge in [-0.3, -0.25) is 9.69 Å². The number of fused-ring (bicyclic) bond motifs is 2. The van der Waals surface area contributed by atoms with E-state index in [1.165, 1.54) is 5.56 Å². The summed E-state index contributed by atoms with van der Waals surface area (Å²) < 4.78 is 5.74. The number of carbonyl (C=O) groups is 1. The van der Waals surface area contributed by atoms with Crippen LogP contribution in [0.4, 0.5) is 0 Å². The van der Waals surface area contributed by atoms with Gasteiger partial charge in [0.05, 0.1) is 13.2 Å². The molecule has 1 aromatic carbocycles. The molecular formula is C19H25NO2. The third-order valence-electron chi connectivity index (χ3n) is 4.93. The van der Waals surface area contributed by atoms with Crippen LogP contribution in [0.3, 0.4) is 0 Å². The monoisotopic (exact) mass is 299 g/mol. The lowest BCUT2D eigenvalue weighted by atomic mass is 9.81. The minimum atomic E-state index is 0.214. The highest BCUT2D eigenvalue weighted by Gasteiger charge is 2.40. The average molecular weight is 299 g/mol. The zero-order chi connectivity index (χ0) is 15.4. The van der Waals surface area contributed by atoms with Crippen molar-refractivity contribution in [2.45, 2.75) is 44.3 Å². The molecule has 3 nitrogen and oxygen atoms in total. The van der Waals surface area contributed by atoms with E-state index < -0.39 is 0 Å².